The lowest BCUT2D eigenvalue weighted by molar-refractivity contribution is -0.167. The minimum absolute atomic E-state index is 0.0106. The van der Waals surface area contributed by atoms with E-state index in [2.05, 4.69) is 0 Å². The fraction of sp³-hybridized carbons (Fsp3) is 0.429. The molecule has 0 saturated carbocycles. The third-order valence-electron chi connectivity index (χ3n) is 5.20. The zero-order valence-corrected chi connectivity index (χ0v) is 21.8. The second-order valence-electron chi connectivity index (χ2n) is 7.59. The summed E-state index contributed by atoms with van der Waals surface area (Å²) in [7, 11) is 0. The van der Waals surface area contributed by atoms with Gasteiger partial charge in [-0.05, 0) is 38.8 Å². The molecule has 1 atom stereocenters. The monoisotopic (exact) mass is 516 g/mol. The van der Waals surface area contributed by atoms with Crippen LogP contribution >= 0.6 is 0 Å². The van der Waals surface area contributed by atoms with Gasteiger partial charge < -0.3 is 24.1 Å². The molecule has 2 aromatic carbocycles. The van der Waals surface area contributed by atoms with Crippen LogP contribution in [0.25, 0.3) is 0 Å². The molecule has 0 radical (unpaired) electrons. The van der Waals surface area contributed by atoms with Crippen molar-refractivity contribution in [1.29, 1.82) is 0 Å². The Hall–Kier alpha value is -3.72. The number of hydrogen-bond donors (Lipinski definition) is 1. The van der Waals surface area contributed by atoms with E-state index in [4.69, 9.17) is 18.9 Å². The number of aliphatic hydroxyl groups is 1. The first-order valence-corrected chi connectivity index (χ1v) is 12.2. The fourth-order valence-electron chi connectivity index (χ4n) is 3.42. The van der Waals surface area contributed by atoms with E-state index in [9.17, 15) is 24.3 Å². The zero-order valence-electron chi connectivity index (χ0n) is 21.8. The molecule has 0 aromatic heterocycles. The van der Waals surface area contributed by atoms with Gasteiger partial charge in [-0.1, -0.05) is 60.7 Å². The van der Waals surface area contributed by atoms with Crippen molar-refractivity contribution >= 4 is 23.9 Å². The molecule has 1 N–H and O–H groups in total. The zero-order chi connectivity index (χ0) is 27.7. The van der Waals surface area contributed by atoms with Crippen LogP contribution in [-0.4, -0.2) is 62.0 Å². The molecule has 0 spiro atoms. The first-order chi connectivity index (χ1) is 17.8. The van der Waals surface area contributed by atoms with Crippen molar-refractivity contribution < 1.29 is 43.2 Å². The molecule has 0 aliphatic heterocycles. The number of carbonyl (C=O) groups excluding carboxylic acids is 4. The number of ether oxygens (including phenoxy) is 4. The molecule has 0 bridgehead atoms. The predicted molar refractivity (Wildman–Crippen MR) is 136 cm³/mol. The van der Waals surface area contributed by atoms with Crippen LogP contribution in [0.2, 0.25) is 0 Å². The van der Waals surface area contributed by atoms with Crippen LogP contribution in [0.4, 0.5) is 0 Å². The van der Waals surface area contributed by atoms with E-state index in [0.717, 1.165) is 5.56 Å². The van der Waals surface area contributed by atoms with Crippen molar-refractivity contribution in [3.63, 3.8) is 0 Å². The molecule has 9 heteroatoms. The summed E-state index contributed by atoms with van der Waals surface area (Å²) < 4.78 is 19.7. The van der Waals surface area contributed by atoms with E-state index in [1.165, 1.54) is 0 Å². The minimum atomic E-state index is -1.81. The SMILES string of the molecule is CCOC(=O)C(CO)(C(=O)OCC)c1ccccc1.CCOC(=O)CC(C(=O)OCC)c1ccccc1. The fourth-order valence-corrected chi connectivity index (χ4v) is 3.42. The van der Waals surface area contributed by atoms with E-state index in [1.54, 1.807) is 70.2 Å². The molecule has 0 aliphatic carbocycles. The first kappa shape index (κ1) is 31.3. The van der Waals surface area contributed by atoms with Crippen LogP contribution in [0.15, 0.2) is 60.7 Å². The number of esters is 4. The number of benzene rings is 2. The van der Waals surface area contributed by atoms with Gasteiger partial charge in [-0.3, -0.25) is 19.2 Å². The van der Waals surface area contributed by atoms with Gasteiger partial charge in [0.15, 0.2) is 0 Å². The van der Waals surface area contributed by atoms with Crippen LogP contribution in [0.5, 0.6) is 0 Å². The molecule has 1 unspecified atom stereocenters. The Kier molecular flexibility index (Phi) is 14.3. The average Bonchev–Trinajstić information content (AvgIpc) is 2.90. The Morgan fingerprint density at radius 3 is 1.59 bits per heavy atom. The van der Waals surface area contributed by atoms with Gasteiger partial charge in [-0.15, -0.1) is 0 Å². The topological polar surface area (TPSA) is 125 Å². The molecule has 0 fully saturated rings. The van der Waals surface area contributed by atoms with Gasteiger partial charge in [0.1, 0.15) is 0 Å². The summed E-state index contributed by atoms with van der Waals surface area (Å²) in [6, 6.07) is 17.4. The second kappa shape index (κ2) is 16.9. The van der Waals surface area contributed by atoms with Crippen molar-refractivity contribution in [2.75, 3.05) is 33.0 Å². The van der Waals surface area contributed by atoms with Gasteiger partial charge in [-0.2, -0.15) is 0 Å². The van der Waals surface area contributed by atoms with Crippen molar-refractivity contribution in [1.82, 2.24) is 0 Å². The van der Waals surface area contributed by atoms with Gasteiger partial charge in [0.05, 0.1) is 45.4 Å². The smallest absolute Gasteiger partial charge is 0.330 e. The number of carbonyl (C=O) groups is 4. The van der Waals surface area contributed by atoms with E-state index in [-0.39, 0.29) is 25.6 Å². The van der Waals surface area contributed by atoms with E-state index >= 15 is 0 Å². The van der Waals surface area contributed by atoms with Gasteiger partial charge in [0.25, 0.3) is 0 Å². The van der Waals surface area contributed by atoms with Crippen molar-refractivity contribution in [3.8, 4) is 0 Å². The van der Waals surface area contributed by atoms with Crippen molar-refractivity contribution in [2.45, 2.75) is 45.4 Å². The highest BCUT2D eigenvalue weighted by molar-refractivity contribution is 6.06. The maximum atomic E-state index is 12.1. The van der Waals surface area contributed by atoms with Crippen molar-refractivity contribution in [3.05, 3.63) is 71.8 Å². The van der Waals surface area contributed by atoms with Gasteiger partial charge in [0.2, 0.25) is 5.41 Å². The molecule has 0 amide bonds. The predicted octanol–water partition coefficient (Wildman–Crippen LogP) is 3.33. The standard InChI is InChI=1S/C14H18O5.C14H18O4/c1-3-18-12(16)14(10-15,13(17)19-4-2)11-8-6-5-7-9-11;1-3-17-13(15)10-12(14(16)18-4-2)11-8-6-5-7-9-11/h5-9,15H,3-4,10H2,1-2H3;5-9,12H,3-4,10H2,1-2H3. The summed E-state index contributed by atoms with van der Waals surface area (Å²) in [5.41, 5.74) is -0.689. The van der Waals surface area contributed by atoms with E-state index < -0.39 is 35.8 Å². The molecule has 0 heterocycles. The first-order valence-electron chi connectivity index (χ1n) is 12.2. The van der Waals surface area contributed by atoms with Crippen LogP contribution < -0.4 is 0 Å². The lowest BCUT2D eigenvalue weighted by Crippen LogP contribution is -2.49. The Morgan fingerprint density at radius 2 is 1.16 bits per heavy atom. The van der Waals surface area contributed by atoms with Crippen LogP contribution in [0.3, 0.4) is 0 Å². The summed E-state index contributed by atoms with van der Waals surface area (Å²) in [4.78, 5) is 47.6. The Bertz CT molecular complexity index is 956. The molecule has 0 aliphatic rings. The molecular formula is C28H36O9. The normalized spacial score (nSPS) is 11.3. The molecule has 2 aromatic rings. The Labute approximate surface area is 217 Å². The molecular weight excluding hydrogens is 480 g/mol. The number of hydrogen-bond acceptors (Lipinski definition) is 9. The maximum Gasteiger partial charge on any atom is 0.330 e. The number of aliphatic hydroxyl groups excluding tert-OH is 1. The van der Waals surface area contributed by atoms with E-state index in [0.29, 0.717) is 18.8 Å². The average molecular weight is 517 g/mol. The second-order valence-corrected chi connectivity index (χ2v) is 7.59. The quantitative estimate of drug-likeness (QED) is 0.257. The van der Waals surface area contributed by atoms with Gasteiger partial charge in [0, 0.05) is 0 Å². The maximum absolute atomic E-state index is 12.1. The Balaban J connectivity index is 0.000000371. The summed E-state index contributed by atoms with van der Waals surface area (Å²) >= 11 is 0. The highest BCUT2D eigenvalue weighted by Gasteiger charge is 2.50. The summed E-state index contributed by atoms with van der Waals surface area (Å²) in [5, 5.41) is 9.62. The minimum Gasteiger partial charge on any atom is -0.466 e. The third kappa shape index (κ3) is 9.02. The largest absolute Gasteiger partial charge is 0.466 e. The molecule has 2 rings (SSSR count). The molecule has 9 nitrogen and oxygen atoms in total. The summed E-state index contributed by atoms with van der Waals surface area (Å²) in [5.74, 6) is -2.98. The van der Waals surface area contributed by atoms with Gasteiger partial charge in [-0.25, -0.2) is 0 Å². The Morgan fingerprint density at radius 1 is 0.703 bits per heavy atom. The summed E-state index contributed by atoms with van der Waals surface area (Å²) in [6.07, 6.45) is 0.0106. The molecule has 0 saturated heterocycles. The highest BCUT2D eigenvalue weighted by atomic mass is 16.6. The van der Waals surface area contributed by atoms with Crippen LogP contribution in [0.1, 0.15) is 51.2 Å². The van der Waals surface area contributed by atoms with Gasteiger partial charge >= 0.3 is 23.9 Å². The van der Waals surface area contributed by atoms with Crippen LogP contribution in [0, 0.1) is 0 Å². The lowest BCUT2D eigenvalue weighted by atomic mass is 9.81. The van der Waals surface area contributed by atoms with Crippen molar-refractivity contribution in [2.24, 2.45) is 0 Å². The third-order valence-corrected chi connectivity index (χ3v) is 5.20. The summed E-state index contributed by atoms with van der Waals surface area (Å²) in [6.45, 7) is 6.89. The lowest BCUT2D eigenvalue weighted by Gasteiger charge is -2.27. The molecule has 202 valence electrons. The number of rotatable bonds is 12. The highest BCUT2D eigenvalue weighted by Crippen LogP contribution is 2.27. The molecule has 37 heavy (non-hydrogen) atoms. The van der Waals surface area contributed by atoms with E-state index in [1.807, 2.05) is 18.2 Å². The van der Waals surface area contributed by atoms with Crippen LogP contribution in [-0.2, 0) is 43.5 Å².